The molecule has 1 aliphatic heterocycles. The van der Waals surface area contributed by atoms with Gasteiger partial charge in [0, 0.05) is 50.2 Å². The van der Waals surface area contributed by atoms with Crippen molar-refractivity contribution < 1.29 is 37.5 Å². The third-order valence-corrected chi connectivity index (χ3v) is 8.98. The minimum atomic E-state index is -3.75. The minimum Gasteiger partial charge on any atom is -0.497 e. The average molecular weight is 654 g/mol. The molecule has 0 saturated carbocycles. The van der Waals surface area contributed by atoms with Gasteiger partial charge in [-0.25, -0.2) is 13.9 Å². The van der Waals surface area contributed by atoms with Crippen LogP contribution in [0.4, 0.5) is 0 Å². The molecular formula is C29H40ClN5O8S. The Morgan fingerprint density at radius 1 is 1.05 bits per heavy atom. The number of hydroxylamine groups is 1. The van der Waals surface area contributed by atoms with E-state index >= 15 is 0 Å². The Kier molecular flexibility index (Phi) is 13.9. The number of unbranched alkanes of at least 4 members (excludes halogenated alkanes) is 1. The smallest absolute Gasteiger partial charge is 0.243 e. The lowest BCUT2D eigenvalue weighted by molar-refractivity contribution is -0.128. The van der Waals surface area contributed by atoms with Crippen molar-refractivity contribution in [1.82, 2.24) is 24.6 Å². The van der Waals surface area contributed by atoms with E-state index in [4.69, 9.17) is 19.5 Å². The highest BCUT2D eigenvalue weighted by Crippen LogP contribution is 2.35. The summed E-state index contributed by atoms with van der Waals surface area (Å²) in [6.07, 6.45) is 2.53. The van der Waals surface area contributed by atoms with E-state index in [-0.39, 0.29) is 48.6 Å². The molecule has 4 rings (SSSR count). The maximum absolute atomic E-state index is 13.5. The highest BCUT2D eigenvalue weighted by molar-refractivity contribution is 7.89. The summed E-state index contributed by atoms with van der Waals surface area (Å²) in [7, 11) is 2.84. The Bertz CT molecular complexity index is 1530. The third kappa shape index (κ3) is 8.85. The van der Waals surface area contributed by atoms with E-state index in [9.17, 15) is 18.0 Å². The number of nitrogens with zero attached hydrogens (tertiary/aromatic N) is 3. The molecule has 2 heterocycles. The van der Waals surface area contributed by atoms with Gasteiger partial charge >= 0.3 is 0 Å². The molecule has 2 aromatic carbocycles. The molecule has 0 bridgehead atoms. The number of sulfonamides is 1. The van der Waals surface area contributed by atoms with Crippen LogP contribution in [0.2, 0.25) is 0 Å². The predicted molar refractivity (Wildman–Crippen MR) is 167 cm³/mol. The first-order chi connectivity index (χ1) is 20.6. The van der Waals surface area contributed by atoms with Gasteiger partial charge in [0.15, 0.2) is 0 Å². The van der Waals surface area contributed by atoms with E-state index in [1.807, 2.05) is 22.8 Å². The average Bonchev–Trinajstić information content (AvgIpc) is 3.32. The van der Waals surface area contributed by atoms with E-state index in [1.165, 1.54) is 16.9 Å². The SMILES string of the molecule is COc1ccc(S(=O)(=O)N2CCc3c(n(CC(=O)NCCCCC(=O)N(C)C)c4ccc(OC)cc34)C2)cc1.Cl.O=CNO. The third-order valence-electron chi connectivity index (χ3n) is 7.12. The number of rotatable bonds is 12. The van der Waals surface area contributed by atoms with Crippen LogP contribution >= 0.6 is 12.4 Å². The van der Waals surface area contributed by atoms with Crippen LogP contribution in [-0.4, -0.2) is 87.0 Å². The Labute approximate surface area is 263 Å². The lowest BCUT2D eigenvalue weighted by atomic mass is 10.0. The van der Waals surface area contributed by atoms with Crippen LogP contribution in [0.1, 0.15) is 30.5 Å². The predicted octanol–water partition coefficient (Wildman–Crippen LogP) is 2.32. The molecule has 3 amide bonds. The van der Waals surface area contributed by atoms with Crippen molar-refractivity contribution in [2.75, 3.05) is 41.4 Å². The quantitative estimate of drug-likeness (QED) is 0.116. The number of carbonyl (C=O) groups excluding carboxylic acids is 3. The lowest BCUT2D eigenvalue weighted by Gasteiger charge is -2.28. The first kappa shape index (κ1) is 36.3. The first-order valence-corrected chi connectivity index (χ1v) is 15.1. The van der Waals surface area contributed by atoms with Gasteiger partial charge in [-0.2, -0.15) is 4.31 Å². The fourth-order valence-corrected chi connectivity index (χ4v) is 6.26. The summed E-state index contributed by atoms with van der Waals surface area (Å²) in [5.41, 5.74) is 3.93. The van der Waals surface area contributed by atoms with Gasteiger partial charge in [-0.15, -0.1) is 12.4 Å². The van der Waals surface area contributed by atoms with Gasteiger partial charge in [0.1, 0.15) is 18.0 Å². The van der Waals surface area contributed by atoms with Crippen molar-refractivity contribution >= 4 is 51.6 Å². The molecule has 0 saturated heterocycles. The molecule has 1 aliphatic rings. The molecule has 0 fully saturated rings. The molecule has 0 spiro atoms. The summed E-state index contributed by atoms with van der Waals surface area (Å²) in [5.74, 6) is 1.18. The van der Waals surface area contributed by atoms with Crippen molar-refractivity contribution in [3.05, 3.63) is 53.7 Å². The van der Waals surface area contributed by atoms with Crippen molar-refractivity contribution in [2.45, 2.75) is 43.7 Å². The highest BCUT2D eigenvalue weighted by atomic mass is 35.5. The van der Waals surface area contributed by atoms with E-state index in [0.29, 0.717) is 50.3 Å². The summed E-state index contributed by atoms with van der Waals surface area (Å²) >= 11 is 0. The Hall–Kier alpha value is -3.85. The molecule has 3 N–H and O–H groups in total. The number of aromatic nitrogens is 1. The molecule has 15 heteroatoms. The molecule has 1 aromatic heterocycles. The number of nitrogens with one attached hydrogen (secondary N) is 2. The van der Waals surface area contributed by atoms with Crippen LogP contribution in [0.3, 0.4) is 0 Å². The number of halogens is 1. The molecule has 44 heavy (non-hydrogen) atoms. The van der Waals surface area contributed by atoms with Crippen LogP contribution in [-0.2, 0) is 43.9 Å². The number of fused-ring (bicyclic) bond motifs is 3. The molecular weight excluding hydrogens is 614 g/mol. The summed E-state index contributed by atoms with van der Waals surface area (Å²) in [6.45, 7) is 1.01. The first-order valence-electron chi connectivity index (χ1n) is 13.7. The van der Waals surface area contributed by atoms with Crippen LogP contribution in [0.25, 0.3) is 10.9 Å². The highest BCUT2D eigenvalue weighted by Gasteiger charge is 2.32. The molecule has 0 aliphatic carbocycles. The zero-order valence-electron chi connectivity index (χ0n) is 25.2. The largest absolute Gasteiger partial charge is 0.497 e. The number of hydrogen-bond acceptors (Lipinski definition) is 8. The summed E-state index contributed by atoms with van der Waals surface area (Å²) in [5, 5.41) is 11.2. The number of carbonyl (C=O) groups is 3. The van der Waals surface area contributed by atoms with Crippen LogP contribution in [0.5, 0.6) is 11.5 Å². The molecule has 242 valence electrons. The topological polar surface area (TPSA) is 160 Å². The number of benzene rings is 2. The van der Waals surface area contributed by atoms with Crippen LogP contribution in [0, 0.1) is 0 Å². The van der Waals surface area contributed by atoms with Gasteiger partial charge in [-0.1, -0.05) is 0 Å². The van der Waals surface area contributed by atoms with Crippen LogP contribution in [0.15, 0.2) is 47.4 Å². The molecule has 13 nitrogen and oxygen atoms in total. The summed E-state index contributed by atoms with van der Waals surface area (Å²) in [6, 6.07) is 12.1. The van der Waals surface area contributed by atoms with Gasteiger partial charge in [0.2, 0.25) is 28.2 Å². The zero-order valence-corrected chi connectivity index (χ0v) is 26.9. The maximum Gasteiger partial charge on any atom is 0.243 e. The molecule has 0 unspecified atom stereocenters. The number of ether oxygens (including phenoxy) is 2. The lowest BCUT2D eigenvalue weighted by Crippen LogP contribution is -2.37. The van der Waals surface area contributed by atoms with Crippen molar-refractivity contribution in [1.29, 1.82) is 0 Å². The van der Waals surface area contributed by atoms with Gasteiger partial charge in [-0.05, 0) is 67.3 Å². The summed E-state index contributed by atoms with van der Waals surface area (Å²) < 4.78 is 40.9. The number of amides is 3. The van der Waals surface area contributed by atoms with Crippen LogP contribution < -0.4 is 20.3 Å². The maximum atomic E-state index is 13.5. The normalized spacial score (nSPS) is 12.6. The monoisotopic (exact) mass is 653 g/mol. The van der Waals surface area contributed by atoms with E-state index in [0.717, 1.165) is 22.2 Å². The van der Waals surface area contributed by atoms with Gasteiger partial charge in [0.25, 0.3) is 0 Å². The minimum absolute atomic E-state index is 0. The van der Waals surface area contributed by atoms with Gasteiger partial charge < -0.3 is 24.3 Å². The zero-order chi connectivity index (χ0) is 31.6. The number of hydrogen-bond donors (Lipinski definition) is 3. The van der Waals surface area contributed by atoms with E-state index in [1.54, 1.807) is 50.4 Å². The van der Waals surface area contributed by atoms with E-state index < -0.39 is 10.0 Å². The molecule has 0 radical (unpaired) electrons. The Morgan fingerprint density at radius 2 is 1.68 bits per heavy atom. The Balaban J connectivity index is 0.00000127. The summed E-state index contributed by atoms with van der Waals surface area (Å²) in [4.78, 5) is 35.3. The Morgan fingerprint density at radius 3 is 2.27 bits per heavy atom. The second kappa shape index (κ2) is 16.9. The second-order valence-corrected chi connectivity index (χ2v) is 11.9. The fraction of sp³-hybridized carbons (Fsp3) is 0.414. The standard InChI is InChI=1S/C28H36N4O6S.CH3NO2.ClH/c1-30(2)28(34)7-5-6-15-29-27(33)19-32-25-13-10-21(38-4)17-24(25)23-14-16-31(18-26(23)32)39(35,36)22-11-8-20(37-3)9-12-22;3-1-2-4;/h8-13,17H,5-7,14-16,18-19H2,1-4H3,(H,29,33);1,4H,(H,2,3);1H. The van der Waals surface area contributed by atoms with Crippen molar-refractivity contribution in [3.8, 4) is 11.5 Å². The second-order valence-electron chi connectivity index (χ2n) is 10.0. The van der Waals surface area contributed by atoms with Crippen molar-refractivity contribution in [2.24, 2.45) is 0 Å². The molecule has 0 atom stereocenters. The van der Waals surface area contributed by atoms with Gasteiger partial charge in [-0.3, -0.25) is 19.6 Å². The van der Waals surface area contributed by atoms with Crippen molar-refractivity contribution in [3.63, 3.8) is 0 Å². The van der Waals surface area contributed by atoms with E-state index in [2.05, 4.69) is 5.32 Å². The fourth-order valence-electron chi connectivity index (χ4n) is 4.86. The van der Waals surface area contributed by atoms with Gasteiger partial charge in [0.05, 0.1) is 25.7 Å². The number of methoxy groups -OCH3 is 2. The molecule has 3 aromatic rings.